The Morgan fingerprint density at radius 2 is 1.95 bits per heavy atom. The fourth-order valence-electron chi connectivity index (χ4n) is 4.70. The monoisotopic (exact) mass is 612 g/mol. The maximum Gasteiger partial charge on any atom is 0.194 e. The van der Waals surface area contributed by atoms with E-state index in [1.165, 1.54) is 25.1 Å². The maximum absolute atomic E-state index is 13.8. The second kappa shape index (κ2) is 12.5. The lowest BCUT2D eigenvalue weighted by molar-refractivity contribution is -0.353. The third-order valence-electron chi connectivity index (χ3n) is 6.78. The van der Waals surface area contributed by atoms with Gasteiger partial charge in [-0.3, -0.25) is 4.99 Å². The van der Waals surface area contributed by atoms with Crippen LogP contribution in [0.5, 0.6) is 0 Å². The zero-order valence-corrected chi connectivity index (χ0v) is 23.0. The van der Waals surface area contributed by atoms with Crippen LogP contribution in [0.1, 0.15) is 11.3 Å². The number of halogens is 4. The van der Waals surface area contributed by atoms with Gasteiger partial charge in [-0.25, -0.2) is 18.2 Å². The Balaban J connectivity index is 1.45. The lowest BCUT2D eigenvalue weighted by atomic mass is 9.92. The third kappa shape index (κ3) is 5.86. The number of fused-ring (bicyclic) bond motifs is 1. The normalized spacial score (nSPS) is 28.3. The molecule has 3 N–H and O–H groups in total. The molecule has 5 rings (SSSR count). The van der Waals surface area contributed by atoms with Crippen LogP contribution in [-0.2, 0) is 18.9 Å². The number of aliphatic hydroxyl groups excluding tert-OH is 1. The molecule has 4 heterocycles. The summed E-state index contributed by atoms with van der Waals surface area (Å²) in [6.07, 6.45) is -2.36. The summed E-state index contributed by atoms with van der Waals surface area (Å²) in [7, 11) is 1.44. The lowest BCUT2D eigenvalue weighted by Gasteiger charge is -2.52. The third-order valence-corrected chi connectivity index (χ3v) is 8.23. The first-order valence-corrected chi connectivity index (χ1v) is 13.6. The molecule has 0 radical (unpaired) electrons. The average molecular weight is 613 g/mol. The molecule has 3 aliphatic rings. The molecule has 6 atom stereocenters. The number of benzene rings is 1. The molecule has 0 bridgehead atoms. The molecule has 16 heteroatoms. The van der Waals surface area contributed by atoms with Crippen LogP contribution in [0.4, 0.5) is 19.0 Å². The largest absolute Gasteiger partial charge is 0.378 e. The average Bonchev–Trinajstić information content (AvgIpc) is 2.97. The van der Waals surface area contributed by atoms with Gasteiger partial charge in [-0.2, -0.15) is 10.4 Å². The van der Waals surface area contributed by atoms with Crippen molar-refractivity contribution < 1.29 is 37.2 Å². The molecule has 218 valence electrons. The second-order valence-corrected chi connectivity index (χ2v) is 10.7. The zero-order chi connectivity index (χ0) is 29.3. The van der Waals surface area contributed by atoms with Crippen LogP contribution >= 0.6 is 23.4 Å². The van der Waals surface area contributed by atoms with E-state index >= 15 is 0 Å². The minimum absolute atomic E-state index is 0.0676. The summed E-state index contributed by atoms with van der Waals surface area (Å²) in [5.41, 5.74) is -0.980. The molecular weight excluding hydrogens is 589 g/mol. The van der Waals surface area contributed by atoms with E-state index in [-0.39, 0.29) is 22.0 Å². The number of morpholine rings is 1. The van der Waals surface area contributed by atoms with Crippen LogP contribution in [0.2, 0.25) is 5.02 Å². The van der Waals surface area contributed by atoms with Crippen LogP contribution in [0.25, 0.3) is 0 Å². The van der Waals surface area contributed by atoms with Crippen LogP contribution in [0.3, 0.4) is 0 Å². The van der Waals surface area contributed by atoms with E-state index in [4.69, 9.17) is 36.4 Å². The predicted octanol–water partition coefficient (Wildman–Crippen LogP) is 2.21. The van der Waals surface area contributed by atoms with E-state index in [0.717, 1.165) is 12.1 Å². The van der Waals surface area contributed by atoms with Gasteiger partial charge in [0.2, 0.25) is 0 Å². The molecule has 0 amide bonds. The summed E-state index contributed by atoms with van der Waals surface area (Å²) < 4.78 is 64.0. The Hall–Kier alpha value is -2.97. The molecule has 41 heavy (non-hydrogen) atoms. The standard InChI is InChI=1S/C25H24ClF3N6O5S/c1-37-21-19(32-10-16(34-31)11-6-13(27)18(29)14(28)7-11)20-22(24(36)39-20)40-25(21)41-17-8-12(26)15(9-30)33-23(17)35-2-4-38-5-3-35/h6-8,10,19-22,24-25,36H,2-5,31H2,1H3/b32-10?,34-16+/t19?,20-,21?,22?,24?,25-/m1/s1. The Labute approximate surface area is 241 Å². The number of pyridine rings is 1. The van der Waals surface area contributed by atoms with E-state index in [9.17, 15) is 23.5 Å². The van der Waals surface area contributed by atoms with Crippen molar-refractivity contribution in [2.75, 3.05) is 38.3 Å². The van der Waals surface area contributed by atoms with Gasteiger partial charge in [0.25, 0.3) is 0 Å². The van der Waals surface area contributed by atoms with Gasteiger partial charge in [-0.05, 0) is 18.2 Å². The van der Waals surface area contributed by atoms with Gasteiger partial charge >= 0.3 is 0 Å². The molecular formula is C25H24ClF3N6O5S. The minimum atomic E-state index is -1.63. The highest BCUT2D eigenvalue weighted by molar-refractivity contribution is 8.00. The first-order valence-electron chi connectivity index (χ1n) is 12.3. The van der Waals surface area contributed by atoms with Gasteiger partial charge < -0.3 is 34.8 Å². The number of nitrogens with zero attached hydrogens (tertiary/aromatic N) is 5. The fourth-order valence-corrected chi connectivity index (χ4v) is 6.26. The Kier molecular flexibility index (Phi) is 9.00. The number of thioether (sulfide) groups is 1. The Morgan fingerprint density at radius 3 is 2.56 bits per heavy atom. The first kappa shape index (κ1) is 29.5. The van der Waals surface area contributed by atoms with Crippen molar-refractivity contribution in [2.45, 2.75) is 41.0 Å². The summed E-state index contributed by atoms with van der Waals surface area (Å²) in [5.74, 6) is 1.51. The van der Waals surface area contributed by atoms with Gasteiger partial charge in [0.15, 0.2) is 29.4 Å². The van der Waals surface area contributed by atoms with Crippen molar-refractivity contribution in [3.63, 3.8) is 0 Å². The summed E-state index contributed by atoms with van der Waals surface area (Å²) in [5, 5.41) is 23.4. The number of hydrazone groups is 1. The SMILES string of the molecule is COC1C(N=C/C(=N\N)c2cc(F)c(F)c(F)c2)[C@H]2OC(O)C2O[C@@H]1Sc1cc(Cl)c(C#N)nc1N1CCOCC1. The van der Waals surface area contributed by atoms with Crippen LogP contribution < -0.4 is 10.7 Å². The highest BCUT2D eigenvalue weighted by Crippen LogP contribution is 2.44. The van der Waals surface area contributed by atoms with Gasteiger partial charge in [0.05, 0.1) is 23.1 Å². The summed E-state index contributed by atoms with van der Waals surface area (Å²) >= 11 is 7.55. The number of anilines is 1. The topological polar surface area (TPSA) is 148 Å². The number of methoxy groups -OCH3 is 1. The van der Waals surface area contributed by atoms with Gasteiger partial charge in [0, 0.05) is 32.0 Å². The van der Waals surface area contributed by atoms with Crippen molar-refractivity contribution in [1.29, 1.82) is 5.26 Å². The number of hydrogen-bond donors (Lipinski definition) is 2. The molecule has 4 unspecified atom stereocenters. The second-order valence-electron chi connectivity index (χ2n) is 9.17. The highest BCUT2D eigenvalue weighted by Gasteiger charge is 2.57. The van der Waals surface area contributed by atoms with Gasteiger partial charge in [-0.1, -0.05) is 23.4 Å². The van der Waals surface area contributed by atoms with E-state index in [1.807, 2.05) is 11.0 Å². The minimum Gasteiger partial charge on any atom is -0.378 e. The van der Waals surface area contributed by atoms with Crippen LogP contribution in [0, 0.1) is 28.8 Å². The van der Waals surface area contributed by atoms with Gasteiger partial charge in [-0.15, -0.1) is 0 Å². The fraction of sp³-hybridized carbons (Fsp3) is 0.440. The van der Waals surface area contributed by atoms with E-state index < -0.39 is 53.5 Å². The molecule has 2 aromatic rings. The number of nitriles is 1. The number of nitrogens with two attached hydrogens (primary N) is 1. The molecule has 0 spiro atoms. The number of aliphatic hydroxyl groups is 1. The number of hydrogen-bond acceptors (Lipinski definition) is 12. The van der Waals surface area contributed by atoms with Crippen molar-refractivity contribution in [2.24, 2.45) is 15.9 Å². The number of rotatable bonds is 7. The Bertz CT molecular complexity index is 1390. The predicted molar refractivity (Wildman–Crippen MR) is 143 cm³/mol. The number of aromatic nitrogens is 1. The molecule has 1 aromatic carbocycles. The van der Waals surface area contributed by atoms with Crippen LogP contribution in [0.15, 0.2) is 33.2 Å². The first-order chi connectivity index (χ1) is 19.7. The van der Waals surface area contributed by atoms with Crippen molar-refractivity contribution in [3.05, 3.63) is 51.9 Å². The summed E-state index contributed by atoms with van der Waals surface area (Å²) in [6.45, 7) is 2.05. The molecule has 3 fully saturated rings. The van der Waals surface area contributed by atoms with Crippen LogP contribution in [-0.4, -0.2) is 91.5 Å². The zero-order valence-electron chi connectivity index (χ0n) is 21.4. The lowest BCUT2D eigenvalue weighted by Crippen LogP contribution is -2.68. The quantitative estimate of drug-likeness (QED) is 0.206. The van der Waals surface area contributed by atoms with E-state index in [2.05, 4.69) is 15.1 Å². The van der Waals surface area contributed by atoms with E-state index in [0.29, 0.717) is 37.0 Å². The van der Waals surface area contributed by atoms with Gasteiger partial charge in [0.1, 0.15) is 47.4 Å². The Morgan fingerprint density at radius 1 is 1.24 bits per heavy atom. The van der Waals surface area contributed by atoms with Crippen molar-refractivity contribution >= 4 is 41.1 Å². The number of ether oxygens (including phenoxy) is 4. The molecule has 3 saturated heterocycles. The highest BCUT2D eigenvalue weighted by atomic mass is 35.5. The molecule has 0 aliphatic carbocycles. The van der Waals surface area contributed by atoms with E-state index in [1.54, 1.807) is 6.07 Å². The molecule has 1 aromatic heterocycles. The number of aliphatic imine (C=N–C) groups is 1. The molecule has 0 saturated carbocycles. The summed E-state index contributed by atoms with van der Waals surface area (Å²) in [4.78, 5) is 11.5. The summed E-state index contributed by atoms with van der Waals surface area (Å²) in [6, 6.07) is 4.31. The smallest absolute Gasteiger partial charge is 0.194 e. The van der Waals surface area contributed by atoms with Crippen molar-refractivity contribution in [3.8, 4) is 6.07 Å². The maximum atomic E-state index is 13.8. The molecule has 3 aliphatic heterocycles. The molecule has 11 nitrogen and oxygen atoms in total. The van der Waals surface area contributed by atoms with Crippen molar-refractivity contribution in [1.82, 2.24) is 4.98 Å².